The van der Waals surface area contributed by atoms with Gasteiger partial charge in [0.15, 0.2) is 0 Å². The molecule has 134 valence electrons. The number of carbonyl (C=O) groups excluding carboxylic acids is 1. The number of piperidine rings is 1. The Morgan fingerprint density at radius 3 is 2.71 bits per heavy atom. The maximum Gasteiger partial charge on any atom is 0.224 e. The Labute approximate surface area is 145 Å². The first-order valence-electron chi connectivity index (χ1n) is 8.74. The molecule has 1 amide bonds. The van der Waals surface area contributed by atoms with Crippen LogP contribution in [-0.2, 0) is 14.8 Å². The number of rotatable bonds is 7. The van der Waals surface area contributed by atoms with Crippen LogP contribution in [0.25, 0.3) is 0 Å². The van der Waals surface area contributed by atoms with Gasteiger partial charge in [-0.2, -0.15) is 0 Å². The van der Waals surface area contributed by atoms with Gasteiger partial charge in [-0.05, 0) is 30.7 Å². The summed E-state index contributed by atoms with van der Waals surface area (Å²) in [7, 11) is -3.22. The second kappa shape index (κ2) is 8.62. The minimum Gasteiger partial charge on any atom is -0.355 e. The van der Waals surface area contributed by atoms with Crippen LogP contribution in [0.2, 0.25) is 0 Å². The Balaban J connectivity index is 1.88. The third-order valence-electron chi connectivity index (χ3n) is 4.56. The molecule has 1 heterocycles. The number of nitrogens with zero attached hydrogens (tertiary/aromatic N) is 1. The summed E-state index contributed by atoms with van der Waals surface area (Å²) in [6.07, 6.45) is 2.10. The quantitative estimate of drug-likeness (QED) is 0.819. The van der Waals surface area contributed by atoms with Crippen molar-refractivity contribution in [3.05, 3.63) is 35.9 Å². The smallest absolute Gasteiger partial charge is 0.224 e. The third kappa shape index (κ3) is 5.05. The van der Waals surface area contributed by atoms with Gasteiger partial charge in [-0.25, -0.2) is 12.7 Å². The average molecular weight is 353 g/mol. The molecule has 0 saturated carbocycles. The Hall–Kier alpha value is -1.40. The lowest BCUT2D eigenvalue weighted by atomic mass is 9.97. The van der Waals surface area contributed by atoms with Gasteiger partial charge in [0.05, 0.1) is 11.7 Å². The molecule has 0 bridgehead atoms. The van der Waals surface area contributed by atoms with Crippen molar-refractivity contribution in [1.29, 1.82) is 0 Å². The Morgan fingerprint density at radius 2 is 2.04 bits per heavy atom. The molecular weight excluding hydrogens is 324 g/mol. The zero-order valence-corrected chi connectivity index (χ0v) is 15.4. The highest BCUT2D eigenvalue weighted by Crippen LogP contribution is 2.20. The summed E-state index contributed by atoms with van der Waals surface area (Å²) in [4.78, 5) is 12.4. The van der Waals surface area contributed by atoms with E-state index in [9.17, 15) is 13.2 Å². The molecule has 0 radical (unpaired) electrons. The zero-order chi connectivity index (χ0) is 17.6. The summed E-state index contributed by atoms with van der Waals surface area (Å²) in [5.41, 5.74) is 1.19. The maximum absolute atomic E-state index is 12.4. The second-order valence-electron chi connectivity index (χ2n) is 6.57. The van der Waals surface area contributed by atoms with Crippen molar-refractivity contribution in [3.63, 3.8) is 0 Å². The van der Waals surface area contributed by atoms with E-state index in [-0.39, 0.29) is 23.5 Å². The Morgan fingerprint density at radius 1 is 1.33 bits per heavy atom. The molecule has 1 aromatic carbocycles. The standard InChI is InChI=1S/C18H28N2O3S/c1-3-12-24(22,23)20-11-7-10-17(14-20)18(21)19-13-15(2)16-8-5-4-6-9-16/h4-6,8-9,15,17H,3,7,10-14H2,1-2H3,(H,19,21)/t15-,17-/m0/s1. The number of hydrogen-bond donors (Lipinski definition) is 1. The summed E-state index contributed by atoms with van der Waals surface area (Å²) in [6.45, 7) is 5.35. The zero-order valence-electron chi connectivity index (χ0n) is 14.6. The molecular formula is C18H28N2O3S. The fourth-order valence-corrected chi connectivity index (χ4v) is 4.68. The van der Waals surface area contributed by atoms with Gasteiger partial charge >= 0.3 is 0 Å². The Kier molecular flexibility index (Phi) is 6.80. The lowest BCUT2D eigenvalue weighted by Gasteiger charge is -2.31. The van der Waals surface area contributed by atoms with Crippen LogP contribution in [-0.4, -0.2) is 44.0 Å². The average Bonchev–Trinajstić information content (AvgIpc) is 2.60. The van der Waals surface area contributed by atoms with Crippen molar-refractivity contribution in [3.8, 4) is 0 Å². The Bertz CT molecular complexity index is 631. The lowest BCUT2D eigenvalue weighted by Crippen LogP contribution is -2.46. The molecule has 0 unspecified atom stereocenters. The molecule has 5 nitrogen and oxygen atoms in total. The predicted molar refractivity (Wildman–Crippen MR) is 96.2 cm³/mol. The van der Waals surface area contributed by atoms with Gasteiger partial charge in [0.2, 0.25) is 15.9 Å². The maximum atomic E-state index is 12.4. The van der Waals surface area contributed by atoms with Gasteiger partial charge in [0, 0.05) is 19.6 Å². The largest absolute Gasteiger partial charge is 0.355 e. The van der Waals surface area contributed by atoms with E-state index in [1.54, 1.807) is 0 Å². The van der Waals surface area contributed by atoms with Crippen LogP contribution in [0.15, 0.2) is 30.3 Å². The van der Waals surface area contributed by atoms with E-state index in [0.29, 0.717) is 26.1 Å². The van der Waals surface area contributed by atoms with Crippen molar-refractivity contribution in [2.24, 2.45) is 5.92 Å². The van der Waals surface area contributed by atoms with Crippen molar-refractivity contribution in [1.82, 2.24) is 9.62 Å². The fourth-order valence-electron chi connectivity index (χ4n) is 3.09. The normalized spacial score (nSPS) is 20.5. The van der Waals surface area contributed by atoms with Gasteiger partial charge in [0.1, 0.15) is 0 Å². The summed E-state index contributed by atoms with van der Waals surface area (Å²) < 4.78 is 25.9. The lowest BCUT2D eigenvalue weighted by molar-refractivity contribution is -0.126. The number of benzene rings is 1. The molecule has 1 aliphatic rings. The van der Waals surface area contributed by atoms with E-state index in [4.69, 9.17) is 0 Å². The number of nitrogens with one attached hydrogen (secondary N) is 1. The summed E-state index contributed by atoms with van der Waals surface area (Å²) >= 11 is 0. The molecule has 1 N–H and O–H groups in total. The molecule has 24 heavy (non-hydrogen) atoms. The molecule has 0 aliphatic carbocycles. The van der Waals surface area contributed by atoms with E-state index < -0.39 is 10.0 Å². The molecule has 2 atom stereocenters. The minimum absolute atomic E-state index is 0.0332. The highest BCUT2D eigenvalue weighted by Gasteiger charge is 2.31. The van der Waals surface area contributed by atoms with E-state index in [0.717, 1.165) is 12.8 Å². The molecule has 2 rings (SSSR count). The molecule has 1 fully saturated rings. The van der Waals surface area contributed by atoms with Crippen LogP contribution >= 0.6 is 0 Å². The summed E-state index contributed by atoms with van der Waals surface area (Å²) in [6, 6.07) is 10.1. The minimum atomic E-state index is -3.22. The van der Waals surface area contributed by atoms with Crippen molar-refractivity contribution in [2.45, 2.75) is 39.0 Å². The number of sulfonamides is 1. The monoisotopic (exact) mass is 352 g/mol. The van der Waals surface area contributed by atoms with Gasteiger partial charge in [-0.1, -0.05) is 44.2 Å². The first kappa shape index (κ1) is 18.9. The first-order chi connectivity index (χ1) is 11.4. The van der Waals surface area contributed by atoms with E-state index in [2.05, 4.69) is 24.4 Å². The van der Waals surface area contributed by atoms with Gasteiger partial charge in [-0.15, -0.1) is 0 Å². The van der Waals surface area contributed by atoms with Gasteiger partial charge < -0.3 is 5.32 Å². The molecule has 1 aromatic rings. The van der Waals surface area contributed by atoms with Crippen LogP contribution in [0.1, 0.15) is 44.6 Å². The third-order valence-corrected chi connectivity index (χ3v) is 6.60. The second-order valence-corrected chi connectivity index (χ2v) is 8.66. The molecule has 0 aromatic heterocycles. The molecule has 1 saturated heterocycles. The van der Waals surface area contributed by atoms with Crippen LogP contribution in [0, 0.1) is 5.92 Å². The topological polar surface area (TPSA) is 66.5 Å². The van der Waals surface area contributed by atoms with Crippen LogP contribution in [0.4, 0.5) is 0 Å². The van der Waals surface area contributed by atoms with Crippen molar-refractivity contribution < 1.29 is 13.2 Å². The SMILES string of the molecule is CCCS(=O)(=O)N1CCC[C@H](C(=O)NC[C@H](C)c2ccccc2)C1. The van der Waals surface area contributed by atoms with Crippen LogP contribution in [0.3, 0.4) is 0 Å². The van der Waals surface area contributed by atoms with E-state index in [1.807, 2.05) is 25.1 Å². The van der Waals surface area contributed by atoms with Crippen molar-refractivity contribution >= 4 is 15.9 Å². The fraction of sp³-hybridized carbons (Fsp3) is 0.611. The molecule has 6 heteroatoms. The number of hydrogen-bond acceptors (Lipinski definition) is 3. The van der Waals surface area contributed by atoms with E-state index in [1.165, 1.54) is 9.87 Å². The highest BCUT2D eigenvalue weighted by molar-refractivity contribution is 7.89. The van der Waals surface area contributed by atoms with Crippen molar-refractivity contribution in [2.75, 3.05) is 25.4 Å². The number of carbonyl (C=O) groups is 1. The van der Waals surface area contributed by atoms with Crippen LogP contribution in [0.5, 0.6) is 0 Å². The van der Waals surface area contributed by atoms with Gasteiger partial charge in [0.25, 0.3) is 0 Å². The molecule has 1 aliphatic heterocycles. The predicted octanol–water partition coefficient (Wildman–Crippen LogP) is 2.36. The van der Waals surface area contributed by atoms with E-state index >= 15 is 0 Å². The van der Waals surface area contributed by atoms with Gasteiger partial charge in [-0.3, -0.25) is 4.79 Å². The summed E-state index contributed by atoms with van der Waals surface area (Å²) in [5, 5.41) is 2.99. The number of amides is 1. The molecule has 0 spiro atoms. The first-order valence-corrected chi connectivity index (χ1v) is 10.4. The summed E-state index contributed by atoms with van der Waals surface area (Å²) in [5.74, 6) is 0.119. The highest BCUT2D eigenvalue weighted by atomic mass is 32.2. The van der Waals surface area contributed by atoms with Crippen LogP contribution < -0.4 is 5.32 Å².